The van der Waals surface area contributed by atoms with Crippen LogP contribution in [0.2, 0.25) is 5.02 Å². The molecule has 0 aliphatic carbocycles. The van der Waals surface area contributed by atoms with Crippen LogP contribution < -0.4 is 10.6 Å². The lowest BCUT2D eigenvalue weighted by atomic mass is 10.2. The summed E-state index contributed by atoms with van der Waals surface area (Å²) >= 11 is 7.27. The second-order valence-electron chi connectivity index (χ2n) is 5.39. The monoisotopic (exact) mass is 364 g/mol. The fraction of sp³-hybridized carbons (Fsp3) is 0.353. The molecule has 2 N–H and O–H groups in total. The number of nitrogens with zero attached hydrogens (tertiary/aromatic N) is 2. The number of carbonyl (C=O) groups excluding carboxylic acids is 1. The van der Waals surface area contributed by atoms with E-state index >= 15 is 0 Å². The molecule has 128 valence electrons. The normalized spacial score (nSPS) is 11.8. The van der Waals surface area contributed by atoms with Gasteiger partial charge < -0.3 is 10.6 Å². The first kappa shape index (κ1) is 18.5. The first-order valence-corrected chi connectivity index (χ1v) is 9.15. The van der Waals surface area contributed by atoms with Crippen molar-refractivity contribution in [3.63, 3.8) is 0 Å². The Balaban J connectivity index is 1.84. The van der Waals surface area contributed by atoms with Crippen molar-refractivity contribution in [3.8, 4) is 0 Å². The largest absolute Gasteiger partial charge is 0.366 e. The Labute approximate surface area is 151 Å². The second-order valence-corrected chi connectivity index (χ2v) is 6.82. The number of carbonyl (C=O) groups is 1. The van der Waals surface area contributed by atoms with Gasteiger partial charge >= 0.3 is 0 Å². The Morgan fingerprint density at radius 2 is 2.04 bits per heavy atom. The number of benzene rings is 1. The van der Waals surface area contributed by atoms with Crippen molar-refractivity contribution in [1.29, 1.82) is 0 Å². The number of nitrogens with one attached hydrogen (secondary N) is 2. The molecule has 1 aromatic carbocycles. The molecule has 0 aliphatic heterocycles. The molecule has 1 unspecified atom stereocenters. The molecule has 0 aliphatic rings. The summed E-state index contributed by atoms with van der Waals surface area (Å²) in [6, 6.07) is 9.68. The summed E-state index contributed by atoms with van der Waals surface area (Å²) in [4.78, 5) is 20.2. The Morgan fingerprint density at radius 3 is 2.75 bits per heavy atom. The van der Waals surface area contributed by atoms with Gasteiger partial charge in [0.15, 0.2) is 0 Å². The Bertz CT molecular complexity index is 666. The van der Waals surface area contributed by atoms with Crippen LogP contribution in [0.5, 0.6) is 0 Å². The van der Waals surface area contributed by atoms with Crippen LogP contribution in [-0.2, 0) is 11.3 Å². The average Bonchev–Trinajstić information content (AvgIpc) is 2.60. The van der Waals surface area contributed by atoms with E-state index in [2.05, 4.69) is 20.6 Å². The molecular formula is C17H21ClN4OS. The van der Waals surface area contributed by atoms with Gasteiger partial charge in [-0.15, -0.1) is 0 Å². The lowest BCUT2D eigenvalue weighted by Gasteiger charge is -2.11. The molecule has 7 heteroatoms. The quantitative estimate of drug-likeness (QED) is 0.551. The van der Waals surface area contributed by atoms with Gasteiger partial charge in [-0.3, -0.25) is 4.79 Å². The van der Waals surface area contributed by atoms with Gasteiger partial charge in [0.2, 0.25) is 5.91 Å². The van der Waals surface area contributed by atoms with Crippen LogP contribution in [0, 0.1) is 0 Å². The van der Waals surface area contributed by atoms with Crippen molar-refractivity contribution in [2.75, 3.05) is 11.1 Å². The highest BCUT2D eigenvalue weighted by Gasteiger charge is 2.07. The van der Waals surface area contributed by atoms with Crippen molar-refractivity contribution in [1.82, 2.24) is 15.3 Å². The zero-order valence-electron chi connectivity index (χ0n) is 13.8. The summed E-state index contributed by atoms with van der Waals surface area (Å²) in [6.45, 7) is 4.68. The van der Waals surface area contributed by atoms with E-state index in [0.29, 0.717) is 12.3 Å². The minimum Gasteiger partial charge on any atom is -0.366 e. The van der Waals surface area contributed by atoms with Crippen LogP contribution in [0.4, 0.5) is 5.82 Å². The van der Waals surface area contributed by atoms with Crippen molar-refractivity contribution >= 4 is 35.1 Å². The first-order valence-electron chi connectivity index (χ1n) is 7.79. The third-order valence-electron chi connectivity index (χ3n) is 3.40. The minimum atomic E-state index is 0.0173. The topological polar surface area (TPSA) is 66.9 Å². The predicted molar refractivity (Wildman–Crippen MR) is 99.4 cm³/mol. The molecule has 1 atom stereocenters. The molecule has 0 saturated heterocycles. The average molecular weight is 365 g/mol. The predicted octanol–water partition coefficient (Wildman–Crippen LogP) is 3.75. The van der Waals surface area contributed by atoms with E-state index < -0.39 is 0 Å². The van der Waals surface area contributed by atoms with Gasteiger partial charge in [0.25, 0.3) is 0 Å². The van der Waals surface area contributed by atoms with E-state index in [9.17, 15) is 4.79 Å². The van der Waals surface area contributed by atoms with Gasteiger partial charge in [-0.2, -0.15) is 0 Å². The maximum absolute atomic E-state index is 11.8. The van der Waals surface area contributed by atoms with Crippen LogP contribution in [0.25, 0.3) is 0 Å². The Kier molecular flexibility index (Phi) is 7.34. The summed E-state index contributed by atoms with van der Waals surface area (Å²) in [5.41, 5.74) is 1.11. The number of hydrogen-bond donors (Lipinski definition) is 2. The van der Waals surface area contributed by atoms with Gasteiger partial charge in [-0.1, -0.05) is 42.4 Å². The number of rotatable bonds is 8. The molecule has 1 amide bonds. The molecule has 0 bridgehead atoms. The highest BCUT2D eigenvalue weighted by atomic mass is 35.5. The van der Waals surface area contributed by atoms with Crippen molar-refractivity contribution in [3.05, 3.63) is 47.2 Å². The van der Waals surface area contributed by atoms with E-state index in [0.717, 1.165) is 27.9 Å². The van der Waals surface area contributed by atoms with Gasteiger partial charge in [-0.05, 0) is 31.0 Å². The molecule has 0 saturated carbocycles. The first-order chi connectivity index (χ1) is 11.6. The van der Waals surface area contributed by atoms with Gasteiger partial charge in [0, 0.05) is 23.7 Å². The zero-order valence-corrected chi connectivity index (χ0v) is 15.3. The standard InChI is InChI=1S/C17H21ClN4OS/c1-3-12(2)22-16(23)10-24-17-8-15(20-11-21-17)19-9-13-4-6-14(18)7-5-13/h4-8,11-12H,3,9-10H2,1-2H3,(H,22,23)(H,19,20,21). The van der Waals surface area contributed by atoms with E-state index in [1.165, 1.54) is 18.1 Å². The van der Waals surface area contributed by atoms with E-state index in [1.54, 1.807) is 0 Å². The molecule has 0 radical (unpaired) electrons. The SMILES string of the molecule is CCC(C)NC(=O)CSc1cc(NCc2ccc(Cl)cc2)ncn1. The second kappa shape index (κ2) is 9.49. The third kappa shape index (κ3) is 6.37. The van der Waals surface area contributed by atoms with Crippen LogP contribution in [0.15, 0.2) is 41.7 Å². The maximum atomic E-state index is 11.8. The molecule has 2 rings (SSSR count). The molecular weight excluding hydrogens is 344 g/mol. The number of halogens is 1. The van der Waals surface area contributed by atoms with E-state index in [-0.39, 0.29) is 11.9 Å². The summed E-state index contributed by atoms with van der Waals surface area (Å²) in [5, 5.41) is 7.66. The summed E-state index contributed by atoms with van der Waals surface area (Å²) < 4.78 is 0. The van der Waals surface area contributed by atoms with E-state index in [4.69, 9.17) is 11.6 Å². The fourth-order valence-electron chi connectivity index (χ4n) is 1.87. The van der Waals surface area contributed by atoms with Gasteiger partial charge in [-0.25, -0.2) is 9.97 Å². The lowest BCUT2D eigenvalue weighted by Crippen LogP contribution is -2.33. The smallest absolute Gasteiger partial charge is 0.230 e. The number of amides is 1. The molecule has 2 aromatic rings. The molecule has 5 nitrogen and oxygen atoms in total. The number of aromatic nitrogens is 2. The molecule has 1 heterocycles. The van der Waals surface area contributed by atoms with Crippen molar-refractivity contribution in [2.45, 2.75) is 37.9 Å². The van der Waals surface area contributed by atoms with Crippen LogP contribution in [0.1, 0.15) is 25.8 Å². The zero-order chi connectivity index (χ0) is 17.4. The minimum absolute atomic E-state index is 0.0173. The number of thioether (sulfide) groups is 1. The van der Waals surface area contributed by atoms with Crippen molar-refractivity contribution in [2.24, 2.45) is 0 Å². The maximum Gasteiger partial charge on any atom is 0.230 e. The van der Waals surface area contributed by atoms with Gasteiger partial charge in [0.05, 0.1) is 5.75 Å². The summed E-state index contributed by atoms with van der Waals surface area (Å²) in [6.07, 6.45) is 2.42. The molecule has 0 spiro atoms. The van der Waals surface area contributed by atoms with Crippen molar-refractivity contribution < 1.29 is 4.79 Å². The summed E-state index contributed by atoms with van der Waals surface area (Å²) in [5.74, 6) is 1.09. The summed E-state index contributed by atoms with van der Waals surface area (Å²) in [7, 11) is 0. The number of anilines is 1. The van der Waals surface area contributed by atoms with Crippen LogP contribution >= 0.6 is 23.4 Å². The van der Waals surface area contributed by atoms with Gasteiger partial charge in [0.1, 0.15) is 17.2 Å². The highest BCUT2D eigenvalue weighted by Crippen LogP contribution is 2.18. The lowest BCUT2D eigenvalue weighted by molar-refractivity contribution is -0.119. The number of hydrogen-bond acceptors (Lipinski definition) is 5. The molecule has 24 heavy (non-hydrogen) atoms. The highest BCUT2D eigenvalue weighted by molar-refractivity contribution is 7.99. The molecule has 1 aromatic heterocycles. The van der Waals surface area contributed by atoms with Crippen LogP contribution in [0.3, 0.4) is 0 Å². The Hall–Kier alpha value is -1.79. The van der Waals surface area contributed by atoms with E-state index in [1.807, 2.05) is 44.2 Å². The Morgan fingerprint density at radius 1 is 1.29 bits per heavy atom. The van der Waals surface area contributed by atoms with Crippen LogP contribution in [-0.4, -0.2) is 27.7 Å². The fourth-order valence-corrected chi connectivity index (χ4v) is 2.67. The molecule has 0 fully saturated rings. The third-order valence-corrected chi connectivity index (χ3v) is 4.58.